The maximum Gasteiger partial charge on any atom is 0.416 e. The summed E-state index contributed by atoms with van der Waals surface area (Å²) < 4.78 is 40.6. The lowest BCUT2D eigenvalue weighted by Gasteiger charge is -2.28. The maximum absolute atomic E-state index is 12.9. The SMILES string of the molecule is N#Cc1cccc(-n2cccc2CN2CCc3nc(-c4ccc(C(F)(F)F)cc4)[nH]c(=O)c3C2)c1. The molecule has 0 unspecified atom stereocenters. The van der Waals surface area contributed by atoms with Gasteiger partial charge < -0.3 is 9.55 Å². The van der Waals surface area contributed by atoms with Crippen molar-refractivity contribution in [1.29, 1.82) is 5.26 Å². The normalized spacial score (nSPS) is 13.9. The molecular weight excluding hydrogens is 455 g/mol. The summed E-state index contributed by atoms with van der Waals surface area (Å²) in [4.78, 5) is 22.3. The number of aromatic amines is 1. The van der Waals surface area contributed by atoms with Gasteiger partial charge in [0.1, 0.15) is 5.82 Å². The van der Waals surface area contributed by atoms with Crippen LogP contribution >= 0.6 is 0 Å². The van der Waals surface area contributed by atoms with E-state index in [-0.39, 0.29) is 11.4 Å². The van der Waals surface area contributed by atoms with Gasteiger partial charge in [0.25, 0.3) is 5.56 Å². The lowest BCUT2D eigenvalue weighted by molar-refractivity contribution is -0.137. The minimum absolute atomic E-state index is 0.266. The first-order valence-corrected chi connectivity index (χ1v) is 11.0. The Kier molecular flexibility index (Phi) is 5.75. The number of H-pyrrole nitrogens is 1. The molecule has 35 heavy (non-hydrogen) atoms. The summed E-state index contributed by atoms with van der Waals surface area (Å²) in [7, 11) is 0. The highest BCUT2D eigenvalue weighted by molar-refractivity contribution is 5.56. The van der Waals surface area contributed by atoms with E-state index < -0.39 is 11.7 Å². The number of nitriles is 1. The molecule has 1 aliphatic heterocycles. The monoisotopic (exact) mass is 475 g/mol. The zero-order valence-corrected chi connectivity index (χ0v) is 18.5. The number of alkyl halides is 3. The number of hydrogen-bond donors (Lipinski definition) is 1. The van der Waals surface area contributed by atoms with E-state index in [0.717, 1.165) is 23.5 Å². The van der Waals surface area contributed by atoms with Gasteiger partial charge >= 0.3 is 6.18 Å². The van der Waals surface area contributed by atoms with E-state index in [4.69, 9.17) is 0 Å². The van der Waals surface area contributed by atoms with Crippen molar-refractivity contribution in [3.63, 3.8) is 0 Å². The zero-order chi connectivity index (χ0) is 24.6. The first kappa shape index (κ1) is 22.6. The van der Waals surface area contributed by atoms with Crippen molar-refractivity contribution in [1.82, 2.24) is 19.4 Å². The lowest BCUT2D eigenvalue weighted by Crippen LogP contribution is -2.35. The van der Waals surface area contributed by atoms with E-state index in [9.17, 15) is 23.2 Å². The Hall–Kier alpha value is -4.16. The standard InChI is InChI=1S/C26H20F3N5O/c27-26(28,29)19-8-6-18(7-9-19)24-31-23-10-12-33(16-22(23)25(35)32-24)15-21-5-2-11-34(21)20-4-1-3-17(13-20)14-30/h1-9,11,13H,10,12,15-16H2,(H,31,32,35). The Morgan fingerprint density at radius 2 is 1.89 bits per heavy atom. The first-order chi connectivity index (χ1) is 16.8. The van der Waals surface area contributed by atoms with E-state index >= 15 is 0 Å². The second kappa shape index (κ2) is 8.89. The van der Waals surface area contributed by atoms with Gasteiger partial charge in [-0.05, 0) is 42.5 Å². The number of hydrogen-bond acceptors (Lipinski definition) is 4. The highest BCUT2D eigenvalue weighted by Gasteiger charge is 2.30. The molecule has 0 saturated carbocycles. The van der Waals surface area contributed by atoms with Gasteiger partial charge in [-0.1, -0.05) is 18.2 Å². The number of benzene rings is 2. The second-order valence-electron chi connectivity index (χ2n) is 8.41. The molecule has 0 bridgehead atoms. The molecule has 2 aromatic carbocycles. The molecule has 2 aromatic heterocycles. The van der Waals surface area contributed by atoms with E-state index in [1.54, 1.807) is 6.07 Å². The van der Waals surface area contributed by atoms with Crippen LogP contribution in [0.25, 0.3) is 17.1 Å². The van der Waals surface area contributed by atoms with Gasteiger partial charge in [-0.3, -0.25) is 9.69 Å². The molecular formula is C26H20F3N5O. The fourth-order valence-electron chi connectivity index (χ4n) is 4.32. The third kappa shape index (κ3) is 4.61. The summed E-state index contributed by atoms with van der Waals surface area (Å²) in [5, 5.41) is 9.19. The van der Waals surface area contributed by atoms with Crippen LogP contribution in [-0.2, 0) is 25.7 Å². The maximum atomic E-state index is 12.9. The van der Waals surface area contributed by atoms with Crippen LogP contribution in [0.3, 0.4) is 0 Å². The number of nitrogens with one attached hydrogen (secondary N) is 1. The smallest absolute Gasteiger partial charge is 0.320 e. The zero-order valence-electron chi connectivity index (χ0n) is 18.5. The predicted molar refractivity (Wildman–Crippen MR) is 124 cm³/mol. The molecule has 0 atom stereocenters. The van der Waals surface area contributed by atoms with Crippen LogP contribution in [0.2, 0.25) is 0 Å². The van der Waals surface area contributed by atoms with Gasteiger partial charge in [0.15, 0.2) is 0 Å². The number of fused-ring (bicyclic) bond motifs is 1. The quantitative estimate of drug-likeness (QED) is 0.465. The van der Waals surface area contributed by atoms with Crippen molar-refractivity contribution in [2.45, 2.75) is 25.7 Å². The molecule has 0 spiro atoms. The highest BCUT2D eigenvalue weighted by Crippen LogP contribution is 2.30. The molecule has 3 heterocycles. The third-order valence-electron chi connectivity index (χ3n) is 6.11. The third-order valence-corrected chi connectivity index (χ3v) is 6.11. The summed E-state index contributed by atoms with van der Waals surface area (Å²) >= 11 is 0. The van der Waals surface area contributed by atoms with Gasteiger partial charge in [0.05, 0.1) is 28.5 Å². The summed E-state index contributed by atoms with van der Waals surface area (Å²) in [5.41, 5.74) is 3.12. The first-order valence-electron chi connectivity index (χ1n) is 11.0. The molecule has 176 valence electrons. The molecule has 0 saturated heterocycles. The molecule has 0 amide bonds. The molecule has 0 aliphatic carbocycles. The highest BCUT2D eigenvalue weighted by atomic mass is 19.4. The van der Waals surface area contributed by atoms with Crippen molar-refractivity contribution in [2.75, 3.05) is 6.54 Å². The number of rotatable bonds is 4. The van der Waals surface area contributed by atoms with Crippen molar-refractivity contribution in [2.24, 2.45) is 0 Å². The molecule has 6 nitrogen and oxygen atoms in total. The Labute approximate surface area is 198 Å². The van der Waals surface area contributed by atoms with Crippen molar-refractivity contribution < 1.29 is 13.2 Å². The van der Waals surface area contributed by atoms with Crippen molar-refractivity contribution in [3.05, 3.63) is 105 Å². The number of aromatic nitrogens is 3. The van der Waals surface area contributed by atoms with Gasteiger partial charge in [-0.15, -0.1) is 0 Å². The van der Waals surface area contributed by atoms with Crippen LogP contribution in [-0.4, -0.2) is 26.0 Å². The van der Waals surface area contributed by atoms with Gasteiger partial charge in [-0.2, -0.15) is 18.4 Å². The Morgan fingerprint density at radius 1 is 1.09 bits per heavy atom. The van der Waals surface area contributed by atoms with Crippen LogP contribution in [0.15, 0.2) is 71.7 Å². The second-order valence-corrected chi connectivity index (χ2v) is 8.41. The molecule has 9 heteroatoms. The fourth-order valence-corrected chi connectivity index (χ4v) is 4.32. The lowest BCUT2D eigenvalue weighted by atomic mass is 10.1. The fraction of sp³-hybridized carbons (Fsp3) is 0.192. The Balaban J connectivity index is 1.36. The van der Waals surface area contributed by atoms with E-state index in [0.29, 0.717) is 48.4 Å². The molecule has 1 N–H and O–H groups in total. The van der Waals surface area contributed by atoms with Gasteiger partial charge in [-0.25, -0.2) is 4.98 Å². The van der Waals surface area contributed by atoms with Crippen molar-refractivity contribution >= 4 is 0 Å². The van der Waals surface area contributed by atoms with Crippen LogP contribution in [0.4, 0.5) is 13.2 Å². The molecule has 0 fully saturated rings. The van der Waals surface area contributed by atoms with E-state index in [2.05, 4.69) is 20.9 Å². The molecule has 0 radical (unpaired) electrons. The van der Waals surface area contributed by atoms with E-state index in [1.165, 1.54) is 12.1 Å². The van der Waals surface area contributed by atoms with Crippen LogP contribution in [0, 0.1) is 11.3 Å². The minimum atomic E-state index is -4.42. The molecule has 5 rings (SSSR count). The van der Waals surface area contributed by atoms with Gasteiger partial charge in [0, 0.05) is 49.2 Å². The van der Waals surface area contributed by atoms with Gasteiger partial charge in [0.2, 0.25) is 0 Å². The Morgan fingerprint density at radius 3 is 2.63 bits per heavy atom. The molecule has 1 aliphatic rings. The van der Waals surface area contributed by atoms with E-state index in [1.807, 2.05) is 41.1 Å². The minimum Gasteiger partial charge on any atom is -0.320 e. The van der Waals surface area contributed by atoms with Crippen LogP contribution < -0.4 is 5.56 Å². The van der Waals surface area contributed by atoms with Crippen LogP contribution in [0.5, 0.6) is 0 Å². The predicted octanol–water partition coefficient (Wildman–Crippen LogP) is 4.68. The number of nitrogens with zero attached hydrogens (tertiary/aromatic N) is 4. The Bertz CT molecular complexity index is 1480. The summed E-state index contributed by atoms with van der Waals surface area (Å²) in [6.07, 6.45) is -1.93. The summed E-state index contributed by atoms with van der Waals surface area (Å²) in [6, 6.07) is 18.1. The number of halogens is 3. The summed E-state index contributed by atoms with van der Waals surface area (Å²) in [6.45, 7) is 1.69. The largest absolute Gasteiger partial charge is 0.416 e. The van der Waals surface area contributed by atoms with Crippen molar-refractivity contribution in [3.8, 4) is 23.1 Å². The average Bonchev–Trinajstić information content (AvgIpc) is 3.32. The topological polar surface area (TPSA) is 77.7 Å². The molecule has 4 aromatic rings. The average molecular weight is 475 g/mol. The summed E-state index contributed by atoms with van der Waals surface area (Å²) in [5.74, 6) is 0.266. The van der Waals surface area contributed by atoms with Crippen LogP contribution in [0.1, 0.15) is 28.1 Å².